The number of allylic oxidation sites excluding steroid dienone is 3. The van der Waals surface area contributed by atoms with E-state index >= 15 is 0 Å². The van der Waals surface area contributed by atoms with Crippen LogP contribution < -0.4 is 0 Å². The molecule has 0 aliphatic carbocycles. The molecule has 0 spiro atoms. The van der Waals surface area contributed by atoms with Crippen LogP contribution in [0, 0.1) is 23.7 Å². The molecular formula is C30H51NO8. The second-order valence-corrected chi connectivity index (χ2v) is 11.8. The summed E-state index contributed by atoms with van der Waals surface area (Å²) in [6.07, 6.45) is 2.20. The largest absolute Gasteiger partial charge is 0.462 e. The molecule has 0 radical (unpaired) electrons. The molecule has 11 atom stereocenters. The van der Waals surface area contributed by atoms with Gasteiger partial charge in [0.15, 0.2) is 12.1 Å². The van der Waals surface area contributed by atoms with Crippen LogP contribution in [0.25, 0.3) is 0 Å². The second kappa shape index (κ2) is 15.4. The number of nitrogens with zero attached hydrogens (tertiary/aromatic N) is 1. The Morgan fingerprint density at radius 3 is 2.33 bits per heavy atom. The van der Waals surface area contributed by atoms with Crippen molar-refractivity contribution in [2.24, 2.45) is 23.7 Å². The standard InChI is InChI=1S/C30H51NO8/c1-9-26-22(16-32)12-17(2)10-11-24(33)18(3)13-19(4)29(21(6)25(34)15-27(35)38-26)39-30-28(36)23(31(7)8)14-20(5)37-30/h10-12,18-23,25-26,28-30,32,34,36H,9,13-16H2,1-8H3/b11-10+,17-12+/t18-,19+,20-,21+,22-,23+,25-,26-,28-,29-,30+/m1/s1. The van der Waals surface area contributed by atoms with Gasteiger partial charge in [-0.2, -0.15) is 0 Å². The number of hydrogen-bond donors (Lipinski definition) is 3. The van der Waals surface area contributed by atoms with Gasteiger partial charge < -0.3 is 34.4 Å². The number of carbonyl (C=O) groups excluding carboxylic acids is 2. The summed E-state index contributed by atoms with van der Waals surface area (Å²) in [6, 6.07) is -0.164. The SMILES string of the molecule is CC[C@H]1OC(=O)C[C@@H](O)[C@H](C)[C@H](O[C@@H]2O[C@H](C)C[C@H](N(C)C)[C@H]2O)[C@@H](C)C[C@@H](C)C(=O)/C=C/C(C)=C/[C@@H]1CO. The summed E-state index contributed by atoms with van der Waals surface area (Å²) in [6.45, 7) is 11.0. The van der Waals surface area contributed by atoms with Gasteiger partial charge in [-0.05, 0) is 59.2 Å². The third-order valence-electron chi connectivity index (χ3n) is 8.20. The molecule has 39 heavy (non-hydrogen) atoms. The normalized spacial score (nSPS) is 42.1. The Balaban J connectivity index is 2.40. The van der Waals surface area contributed by atoms with E-state index in [2.05, 4.69) is 0 Å². The fourth-order valence-corrected chi connectivity index (χ4v) is 5.71. The zero-order valence-corrected chi connectivity index (χ0v) is 24.9. The highest BCUT2D eigenvalue weighted by molar-refractivity contribution is 5.91. The van der Waals surface area contributed by atoms with Gasteiger partial charge in [0.05, 0.1) is 31.3 Å². The first-order chi connectivity index (χ1) is 18.3. The van der Waals surface area contributed by atoms with Crippen LogP contribution in [0.1, 0.15) is 67.2 Å². The summed E-state index contributed by atoms with van der Waals surface area (Å²) in [4.78, 5) is 27.8. The third kappa shape index (κ3) is 9.47. The summed E-state index contributed by atoms with van der Waals surface area (Å²) >= 11 is 0. The van der Waals surface area contributed by atoms with Crippen molar-refractivity contribution in [3.05, 3.63) is 23.8 Å². The molecule has 0 unspecified atom stereocenters. The Labute approximate surface area is 234 Å². The zero-order valence-electron chi connectivity index (χ0n) is 24.9. The first-order valence-corrected chi connectivity index (χ1v) is 14.3. The summed E-state index contributed by atoms with van der Waals surface area (Å²) in [7, 11) is 3.80. The number of aliphatic hydroxyl groups excluding tert-OH is 3. The number of ketones is 1. The number of esters is 1. The molecule has 0 bridgehead atoms. The van der Waals surface area contributed by atoms with E-state index < -0.39 is 48.5 Å². The van der Waals surface area contributed by atoms with Crippen molar-refractivity contribution >= 4 is 11.8 Å². The van der Waals surface area contributed by atoms with Crippen LogP contribution in [0.5, 0.6) is 0 Å². The Morgan fingerprint density at radius 2 is 1.74 bits per heavy atom. The maximum Gasteiger partial charge on any atom is 0.308 e. The van der Waals surface area contributed by atoms with Crippen LogP contribution in [0.4, 0.5) is 0 Å². The van der Waals surface area contributed by atoms with Crippen molar-refractivity contribution in [2.45, 2.75) is 110 Å². The number of aliphatic hydroxyl groups is 3. The predicted molar refractivity (Wildman–Crippen MR) is 149 cm³/mol. The highest BCUT2D eigenvalue weighted by Crippen LogP contribution is 2.32. The molecular weight excluding hydrogens is 502 g/mol. The van der Waals surface area contributed by atoms with Crippen LogP contribution >= 0.6 is 0 Å². The highest BCUT2D eigenvalue weighted by atomic mass is 16.7. The number of cyclic esters (lactones) is 1. The van der Waals surface area contributed by atoms with Crippen molar-refractivity contribution in [3.8, 4) is 0 Å². The number of likely N-dealkylation sites (N-methyl/N-ethyl adjacent to an activating group) is 1. The highest BCUT2D eigenvalue weighted by Gasteiger charge is 2.42. The molecule has 2 heterocycles. The lowest BCUT2D eigenvalue weighted by molar-refractivity contribution is -0.282. The van der Waals surface area contributed by atoms with E-state index in [1.54, 1.807) is 19.1 Å². The monoisotopic (exact) mass is 553 g/mol. The molecule has 2 aliphatic rings. The number of hydrogen-bond acceptors (Lipinski definition) is 9. The van der Waals surface area contributed by atoms with Crippen molar-refractivity contribution in [3.63, 3.8) is 0 Å². The molecule has 0 aromatic carbocycles. The van der Waals surface area contributed by atoms with E-state index in [0.29, 0.717) is 19.3 Å². The number of ether oxygens (including phenoxy) is 3. The maximum atomic E-state index is 13.0. The molecule has 0 aromatic rings. The summed E-state index contributed by atoms with van der Waals surface area (Å²) in [5.41, 5.74) is 0.784. The molecule has 1 fully saturated rings. The fourth-order valence-electron chi connectivity index (χ4n) is 5.71. The summed E-state index contributed by atoms with van der Waals surface area (Å²) in [5.74, 6) is -2.08. The smallest absolute Gasteiger partial charge is 0.308 e. The average molecular weight is 554 g/mol. The van der Waals surface area contributed by atoms with Crippen LogP contribution in [0.2, 0.25) is 0 Å². The minimum atomic E-state index is -1.09. The summed E-state index contributed by atoms with van der Waals surface area (Å²) in [5, 5.41) is 32.2. The van der Waals surface area contributed by atoms with Crippen LogP contribution in [0.15, 0.2) is 23.8 Å². The quantitative estimate of drug-likeness (QED) is 0.441. The number of rotatable bonds is 5. The third-order valence-corrected chi connectivity index (χ3v) is 8.20. The van der Waals surface area contributed by atoms with Gasteiger partial charge in [0, 0.05) is 23.8 Å². The van der Waals surface area contributed by atoms with Crippen molar-refractivity contribution in [1.82, 2.24) is 4.90 Å². The van der Waals surface area contributed by atoms with Crippen molar-refractivity contribution < 1.29 is 39.1 Å². The van der Waals surface area contributed by atoms with Gasteiger partial charge in [0.2, 0.25) is 0 Å². The van der Waals surface area contributed by atoms with Crippen molar-refractivity contribution in [1.29, 1.82) is 0 Å². The molecule has 0 amide bonds. The minimum absolute atomic E-state index is 0.0390. The Morgan fingerprint density at radius 1 is 1.08 bits per heavy atom. The number of carbonyl (C=O) groups is 2. The minimum Gasteiger partial charge on any atom is -0.462 e. The Kier molecular flexibility index (Phi) is 13.3. The lowest BCUT2D eigenvalue weighted by atomic mass is 9.82. The Hall–Kier alpha value is -1.62. The van der Waals surface area contributed by atoms with Gasteiger partial charge in [-0.3, -0.25) is 9.59 Å². The molecule has 1 saturated heterocycles. The van der Waals surface area contributed by atoms with Crippen LogP contribution in [-0.4, -0.2) is 95.5 Å². The molecule has 0 saturated carbocycles. The van der Waals surface area contributed by atoms with Crippen LogP contribution in [0.3, 0.4) is 0 Å². The molecule has 2 rings (SSSR count). The molecule has 9 heteroatoms. The van der Waals surface area contributed by atoms with Gasteiger partial charge in [-0.25, -0.2) is 0 Å². The van der Waals surface area contributed by atoms with E-state index in [4.69, 9.17) is 14.2 Å². The van der Waals surface area contributed by atoms with Gasteiger partial charge >= 0.3 is 5.97 Å². The fraction of sp³-hybridized carbons (Fsp3) is 0.800. The molecule has 3 N–H and O–H groups in total. The Bertz CT molecular complexity index is 858. The summed E-state index contributed by atoms with van der Waals surface area (Å²) < 4.78 is 18.1. The van der Waals surface area contributed by atoms with E-state index in [-0.39, 0.29) is 42.8 Å². The maximum absolute atomic E-state index is 13.0. The van der Waals surface area contributed by atoms with Gasteiger partial charge in [-0.1, -0.05) is 45.4 Å². The van der Waals surface area contributed by atoms with E-state index in [1.807, 2.05) is 59.7 Å². The first-order valence-electron chi connectivity index (χ1n) is 14.3. The van der Waals surface area contributed by atoms with Gasteiger partial charge in [-0.15, -0.1) is 0 Å². The predicted octanol–water partition coefficient (Wildman–Crippen LogP) is 2.86. The molecule has 224 valence electrons. The van der Waals surface area contributed by atoms with E-state index in [9.17, 15) is 24.9 Å². The first kappa shape index (κ1) is 33.6. The van der Waals surface area contributed by atoms with E-state index in [0.717, 1.165) is 5.57 Å². The second-order valence-electron chi connectivity index (χ2n) is 11.8. The molecule has 9 nitrogen and oxygen atoms in total. The van der Waals surface area contributed by atoms with Gasteiger partial charge in [0.1, 0.15) is 12.2 Å². The average Bonchev–Trinajstić information content (AvgIpc) is 2.87. The zero-order chi connectivity index (χ0) is 29.4. The van der Waals surface area contributed by atoms with E-state index in [1.165, 1.54) is 0 Å². The molecule has 2 aliphatic heterocycles. The molecule has 0 aromatic heterocycles. The van der Waals surface area contributed by atoms with Crippen LogP contribution in [-0.2, 0) is 23.8 Å². The lowest BCUT2D eigenvalue weighted by Crippen LogP contribution is -2.56. The topological polar surface area (TPSA) is 126 Å². The lowest BCUT2D eigenvalue weighted by Gasteiger charge is -2.44. The van der Waals surface area contributed by atoms with Crippen molar-refractivity contribution in [2.75, 3.05) is 20.7 Å². The van der Waals surface area contributed by atoms with Gasteiger partial charge in [0.25, 0.3) is 0 Å².